The fourth-order valence-corrected chi connectivity index (χ4v) is 1.91. The van der Waals surface area contributed by atoms with Crippen molar-refractivity contribution < 1.29 is 4.42 Å². The van der Waals surface area contributed by atoms with Crippen LogP contribution in [0.4, 0.5) is 0 Å². The van der Waals surface area contributed by atoms with Crippen LogP contribution in [0.15, 0.2) is 52.1 Å². The highest BCUT2D eigenvalue weighted by atomic mass is 127. The van der Waals surface area contributed by atoms with E-state index in [4.69, 9.17) is 16.0 Å². The summed E-state index contributed by atoms with van der Waals surface area (Å²) in [5.74, 6) is 1.61. The van der Waals surface area contributed by atoms with E-state index in [1.165, 1.54) is 0 Å². The minimum absolute atomic E-state index is 0. The van der Waals surface area contributed by atoms with Crippen molar-refractivity contribution in [3.8, 4) is 0 Å². The first-order valence-corrected chi connectivity index (χ1v) is 6.95. The summed E-state index contributed by atoms with van der Waals surface area (Å²) in [5.41, 5.74) is 1.00. The largest absolute Gasteiger partial charge is 0.467 e. The molecule has 2 rings (SSSR count). The molecular weight excluding hydrogens is 401 g/mol. The number of aliphatic imine (C=N–C) groups is 1. The van der Waals surface area contributed by atoms with Crippen molar-refractivity contribution in [1.29, 1.82) is 0 Å². The standard InChI is InChI=1S/C15H18ClN3O.HI/c1-2-17-15(19-11-13-7-5-9-20-13)18-10-12-6-3-4-8-14(12)16;/h3-9H,2,10-11H2,1H3,(H2,17,18,19);1H. The van der Waals surface area contributed by atoms with Crippen LogP contribution in [-0.2, 0) is 13.1 Å². The molecule has 6 heteroatoms. The van der Waals surface area contributed by atoms with Gasteiger partial charge in [0.15, 0.2) is 5.96 Å². The van der Waals surface area contributed by atoms with Crippen LogP contribution in [-0.4, -0.2) is 12.5 Å². The van der Waals surface area contributed by atoms with Crippen LogP contribution in [0.3, 0.4) is 0 Å². The molecule has 0 radical (unpaired) electrons. The second-order valence-corrected chi connectivity index (χ2v) is 4.63. The van der Waals surface area contributed by atoms with Gasteiger partial charge in [0.25, 0.3) is 0 Å². The Labute approximate surface area is 147 Å². The molecule has 0 bridgehead atoms. The fourth-order valence-electron chi connectivity index (χ4n) is 1.72. The maximum Gasteiger partial charge on any atom is 0.191 e. The quantitative estimate of drug-likeness (QED) is 0.440. The number of hydrogen-bond acceptors (Lipinski definition) is 2. The van der Waals surface area contributed by atoms with E-state index in [0.29, 0.717) is 13.1 Å². The van der Waals surface area contributed by atoms with Gasteiger partial charge < -0.3 is 15.1 Å². The fraction of sp³-hybridized carbons (Fsp3) is 0.267. The number of benzene rings is 1. The van der Waals surface area contributed by atoms with Crippen LogP contribution in [0, 0.1) is 0 Å². The molecule has 0 saturated heterocycles. The van der Waals surface area contributed by atoms with E-state index in [9.17, 15) is 0 Å². The molecule has 1 aromatic carbocycles. The van der Waals surface area contributed by atoms with Gasteiger partial charge in [-0.25, -0.2) is 4.99 Å². The lowest BCUT2D eigenvalue weighted by molar-refractivity contribution is 0.501. The van der Waals surface area contributed by atoms with E-state index in [-0.39, 0.29) is 24.0 Å². The van der Waals surface area contributed by atoms with E-state index in [2.05, 4.69) is 15.6 Å². The molecule has 2 N–H and O–H groups in total. The molecule has 4 nitrogen and oxygen atoms in total. The highest BCUT2D eigenvalue weighted by molar-refractivity contribution is 14.0. The molecule has 2 aromatic rings. The van der Waals surface area contributed by atoms with E-state index >= 15 is 0 Å². The Bertz CT molecular complexity index is 558. The monoisotopic (exact) mass is 419 g/mol. The van der Waals surface area contributed by atoms with E-state index in [0.717, 1.165) is 28.9 Å². The maximum absolute atomic E-state index is 6.12. The van der Waals surface area contributed by atoms with Gasteiger partial charge in [-0.05, 0) is 30.7 Å². The van der Waals surface area contributed by atoms with Crippen molar-refractivity contribution in [2.24, 2.45) is 4.99 Å². The smallest absolute Gasteiger partial charge is 0.191 e. The van der Waals surface area contributed by atoms with Crippen LogP contribution in [0.1, 0.15) is 18.2 Å². The van der Waals surface area contributed by atoms with E-state index in [1.807, 2.05) is 43.3 Å². The SMILES string of the molecule is CCNC(=NCc1ccccc1Cl)NCc1ccco1.I. The van der Waals surface area contributed by atoms with Crippen LogP contribution < -0.4 is 10.6 Å². The van der Waals surface area contributed by atoms with Gasteiger partial charge in [-0.2, -0.15) is 0 Å². The average molecular weight is 420 g/mol. The molecule has 1 heterocycles. The van der Waals surface area contributed by atoms with Crippen molar-refractivity contribution in [2.75, 3.05) is 6.54 Å². The molecule has 0 aliphatic heterocycles. The highest BCUT2D eigenvalue weighted by Crippen LogP contribution is 2.15. The summed E-state index contributed by atoms with van der Waals surface area (Å²) in [6.45, 7) is 3.96. The number of halogens is 2. The summed E-state index contributed by atoms with van der Waals surface area (Å²) in [4.78, 5) is 4.51. The third-order valence-corrected chi connectivity index (χ3v) is 3.09. The summed E-state index contributed by atoms with van der Waals surface area (Å²) in [5, 5.41) is 7.14. The maximum atomic E-state index is 6.12. The van der Waals surface area contributed by atoms with Crippen LogP contribution in [0.2, 0.25) is 5.02 Å². The zero-order valence-electron chi connectivity index (χ0n) is 11.8. The number of furan rings is 1. The Morgan fingerprint density at radius 3 is 2.67 bits per heavy atom. The topological polar surface area (TPSA) is 49.6 Å². The third-order valence-electron chi connectivity index (χ3n) is 2.72. The summed E-state index contributed by atoms with van der Waals surface area (Å²) in [6.07, 6.45) is 1.66. The second kappa shape index (κ2) is 9.68. The normalized spacial score (nSPS) is 10.9. The zero-order chi connectivity index (χ0) is 14.2. The molecule has 0 aliphatic carbocycles. The van der Waals surface area contributed by atoms with Crippen molar-refractivity contribution in [1.82, 2.24) is 10.6 Å². The summed E-state index contributed by atoms with van der Waals surface area (Å²) >= 11 is 6.12. The predicted octanol–water partition coefficient (Wildman–Crippen LogP) is 3.81. The minimum Gasteiger partial charge on any atom is -0.467 e. The van der Waals surface area contributed by atoms with Crippen LogP contribution >= 0.6 is 35.6 Å². The van der Waals surface area contributed by atoms with Gasteiger partial charge in [0.2, 0.25) is 0 Å². The predicted molar refractivity (Wildman–Crippen MR) is 97.2 cm³/mol. The number of hydrogen-bond donors (Lipinski definition) is 2. The lowest BCUT2D eigenvalue weighted by Crippen LogP contribution is -2.36. The second-order valence-electron chi connectivity index (χ2n) is 4.22. The molecule has 0 atom stereocenters. The van der Waals surface area contributed by atoms with Gasteiger partial charge in [0.1, 0.15) is 5.76 Å². The average Bonchev–Trinajstić information content (AvgIpc) is 2.97. The van der Waals surface area contributed by atoms with Gasteiger partial charge in [-0.3, -0.25) is 0 Å². The Kier molecular flexibility index (Phi) is 8.22. The number of nitrogens with zero attached hydrogens (tertiary/aromatic N) is 1. The lowest BCUT2D eigenvalue weighted by Gasteiger charge is -2.10. The molecule has 0 aliphatic rings. The Morgan fingerprint density at radius 1 is 1.19 bits per heavy atom. The van der Waals surface area contributed by atoms with Gasteiger partial charge in [0.05, 0.1) is 19.4 Å². The molecule has 0 spiro atoms. The molecular formula is C15H19ClIN3O. The van der Waals surface area contributed by atoms with E-state index < -0.39 is 0 Å². The van der Waals surface area contributed by atoms with Gasteiger partial charge in [0, 0.05) is 11.6 Å². The summed E-state index contributed by atoms with van der Waals surface area (Å²) in [7, 11) is 0. The van der Waals surface area contributed by atoms with Crippen molar-refractivity contribution in [3.63, 3.8) is 0 Å². The molecule has 21 heavy (non-hydrogen) atoms. The Morgan fingerprint density at radius 2 is 2.00 bits per heavy atom. The van der Waals surface area contributed by atoms with Crippen molar-refractivity contribution >= 4 is 41.5 Å². The number of rotatable bonds is 5. The lowest BCUT2D eigenvalue weighted by atomic mass is 10.2. The van der Waals surface area contributed by atoms with Gasteiger partial charge in [-0.15, -0.1) is 24.0 Å². The first-order valence-electron chi connectivity index (χ1n) is 6.57. The summed E-state index contributed by atoms with van der Waals surface area (Å²) < 4.78 is 5.28. The zero-order valence-corrected chi connectivity index (χ0v) is 14.9. The molecule has 0 amide bonds. The molecule has 0 saturated carbocycles. The molecule has 0 fully saturated rings. The third kappa shape index (κ3) is 5.97. The molecule has 0 unspecified atom stereocenters. The first-order chi connectivity index (χ1) is 9.79. The van der Waals surface area contributed by atoms with E-state index in [1.54, 1.807) is 6.26 Å². The highest BCUT2D eigenvalue weighted by Gasteiger charge is 2.01. The van der Waals surface area contributed by atoms with Crippen molar-refractivity contribution in [3.05, 3.63) is 59.0 Å². The molecule has 114 valence electrons. The number of guanidine groups is 1. The van der Waals surface area contributed by atoms with Crippen LogP contribution in [0.25, 0.3) is 0 Å². The Hall–Kier alpha value is -1.21. The number of nitrogens with one attached hydrogen (secondary N) is 2. The molecule has 1 aromatic heterocycles. The van der Waals surface area contributed by atoms with Gasteiger partial charge >= 0.3 is 0 Å². The first kappa shape index (κ1) is 17.8. The van der Waals surface area contributed by atoms with Gasteiger partial charge in [-0.1, -0.05) is 29.8 Å². The minimum atomic E-state index is 0. The Balaban J connectivity index is 0.00000220. The summed E-state index contributed by atoms with van der Waals surface area (Å²) in [6, 6.07) is 11.5. The van der Waals surface area contributed by atoms with Crippen LogP contribution in [0.5, 0.6) is 0 Å². The van der Waals surface area contributed by atoms with Crippen molar-refractivity contribution in [2.45, 2.75) is 20.0 Å².